The largest absolute Gasteiger partial charge is 0.461 e. The molecule has 2 heterocycles. The number of esters is 1. The fourth-order valence-corrected chi connectivity index (χ4v) is 4.11. The zero-order valence-corrected chi connectivity index (χ0v) is 19.2. The van der Waals surface area contributed by atoms with Gasteiger partial charge in [0.25, 0.3) is 0 Å². The summed E-state index contributed by atoms with van der Waals surface area (Å²) in [6.45, 7) is 11.3. The highest BCUT2D eigenvalue weighted by Crippen LogP contribution is 2.28. The first-order valence-electron chi connectivity index (χ1n) is 10.6. The number of piperazine rings is 1. The van der Waals surface area contributed by atoms with Crippen molar-refractivity contribution in [1.29, 1.82) is 0 Å². The lowest BCUT2D eigenvalue weighted by atomic mass is 10.1. The molecule has 6 nitrogen and oxygen atoms in total. The van der Waals surface area contributed by atoms with Gasteiger partial charge in [-0.05, 0) is 68.7 Å². The first-order valence-corrected chi connectivity index (χ1v) is 11.0. The molecule has 2 aromatic carbocycles. The number of halogens is 1. The summed E-state index contributed by atoms with van der Waals surface area (Å²) < 4.78 is 5.29. The number of anilines is 2. The number of ether oxygens (including phenoxy) is 1. The van der Waals surface area contributed by atoms with E-state index < -0.39 is 5.97 Å². The van der Waals surface area contributed by atoms with Crippen LogP contribution in [0.1, 0.15) is 34.1 Å². The second-order valence-electron chi connectivity index (χ2n) is 7.95. The average molecular weight is 439 g/mol. The van der Waals surface area contributed by atoms with Crippen molar-refractivity contribution < 1.29 is 9.53 Å². The van der Waals surface area contributed by atoms with Gasteiger partial charge in [-0.1, -0.05) is 17.7 Å². The third-order valence-electron chi connectivity index (χ3n) is 5.82. The zero-order chi connectivity index (χ0) is 22.1. The molecular weight excluding hydrogens is 412 g/mol. The van der Waals surface area contributed by atoms with E-state index >= 15 is 0 Å². The standard InChI is InChI=1S/C24H27ClN4O2/c1-5-31-24(30)22-23(27-20-13-17(4)16(3)12-19(20)26-22)29-10-8-28(9-11-29)21-14-18(25)7-6-15(21)2/h6-7,12-14H,5,8-11H2,1-4H3. The lowest BCUT2D eigenvalue weighted by Gasteiger charge is -2.37. The quantitative estimate of drug-likeness (QED) is 0.550. The van der Waals surface area contributed by atoms with Crippen LogP contribution >= 0.6 is 11.6 Å². The van der Waals surface area contributed by atoms with Gasteiger partial charge in [-0.25, -0.2) is 14.8 Å². The number of benzene rings is 2. The molecule has 162 valence electrons. The van der Waals surface area contributed by atoms with Crippen LogP contribution in [0.5, 0.6) is 0 Å². The van der Waals surface area contributed by atoms with Crippen molar-refractivity contribution in [3.05, 3.63) is 57.7 Å². The molecule has 1 aliphatic rings. The lowest BCUT2D eigenvalue weighted by molar-refractivity contribution is 0.0520. The van der Waals surface area contributed by atoms with Crippen molar-refractivity contribution in [3.8, 4) is 0 Å². The van der Waals surface area contributed by atoms with Gasteiger partial charge >= 0.3 is 5.97 Å². The minimum atomic E-state index is -0.432. The maximum atomic E-state index is 12.7. The van der Waals surface area contributed by atoms with Crippen LogP contribution in [0.15, 0.2) is 30.3 Å². The van der Waals surface area contributed by atoms with Crippen LogP contribution in [0, 0.1) is 20.8 Å². The summed E-state index contributed by atoms with van der Waals surface area (Å²) in [5.74, 6) is 0.162. The molecule has 1 saturated heterocycles. The van der Waals surface area contributed by atoms with E-state index in [0.717, 1.165) is 53.5 Å². The van der Waals surface area contributed by atoms with Gasteiger partial charge in [0.1, 0.15) is 0 Å². The van der Waals surface area contributed by atoms with Crippen LogP contribution in [0.4, 0.5) is 11.5 Å². The van der Waals surface area contributed by atoms with Crippen LogP contribution in [0.3, 0.4) is 0 Å². The van der Waals surface area contributed by atoms with E-state index in [9.17, 15) is 4.79 Å². The molecule has 0 amide bonds. The number of fused-ring (bicyclic) bond motifs is 1. The monoisotopic (exact) mass is 438 g/mol. The number of rotatable bonds is 4. The van der Waals surface area contributed by atoms with Gasteiger partial charge in [0.2, 0.25) is 0 Å². The Bertz CT molecular complexity index is 1140. The Labute approximate surface area is 187 Å². The van der Waals surface area contributed by atoms with E-state index in [1.807, 2.05) is 37.3 Å². The predicted octanol–water partition coefficient (Wildman–Crippen LogP) is 4.71. The maximum absolute atomic E-state index is 12.7. The molecule has 31 heavy (non-hydrogen) atoms. The third kappa shape index (κ3) is 4.30. The Morgan fingerprint density at radius 3 is 2.19 bits per heavy atom. The molecule has 4 rings (SSSR count). The maximum Gasteiger partial charge on any atom is 0.360 e. The Morgan fingerprint density at radius 2 is 1.55 bits per heavy atom. The Kier molecular flexibility index (Phi) is 6.01. The first kappa shape index (κ1) is 21.4. The summed E-state index contributed by atoms with van der Waals surface area (Å²) >= 11 is 6.22. The predicted molar refractivity (Wildman–Crippen MR) is 126 cm³/mol. The van der Waals surface area contributed by atoms with Gasteiger partial charge in [-0.3, -0.25) is 0 Å². The topological polar surface area (TPSA) is 58.6 Å². The SMILES string of the molecule is CCOC(=O)c1nc2cc(C)c(C)cc2nc1N1CCN(c2cc(Cl)ccc2C)CC1. The van der Waals surface area contributed by atoms with Crippen molar-refractivity contribution in [1.82, 2.24) is 9.97 Å². The van der Waals surface area contributed by atoms with Gasteiger partial charge in [0.15, 0.2) is 11.5 Å². The number of aryl methyl sites for hydroxylation is 3. The van der Waals surface area contributed by atoms with Gasteiger partial charge in [-0.15, -0.1) is 0 Å². The highest BCUT2D eigenvalue weighted by Gasteiger charge is 2.26. The minimum Gasteiger partial charge on any atom is -0.461 e. The second kappa shape index (κ2) is 8.71. The number of nitrogens with zero attached hydrogens (tertiary/aromatic N) is 4. The van der Waals surface area contributed by atoms with Crippen molar-refractivity contribution in [2.75, 3.05) is 42.6 Å². The number of aromatic nitrogens is 2. The van der Waals surface area contributed by atoms with E-state index in [0.29, 0.717) is 17.9 Å². The summed E-state index contributed by atoms with van der Waals surface area (Å²) in [6, 6.07) is 9.97. The number of hydrogen-bond acceptors (Lipinski definition) is 6. The second-order valence-corrected chi connectivity index (χ2v) is 8.38. The van der Waals surface area contributed by atoms with Crippen LogP contribution < -0.4 is 9.80 Å². The molecule has 1 fully saturated rings. The van der Waals surface area contributed by atoms with Crippen molar-refractivity contribution in [3.63, 3.8) is 0 Å². The van der Waals surface area contributed by atoms with Crippen LogP contribution in [0.25, 0.3) is 11.0 Å². The van der Waals surface area contributed by atoms with Gasteiger partial charge in [0.05, 0.1) is 17.6 Å². The molecule has 1 aliphatic heterocycles. The highest BCUT2D eigenvalue weighted by atomic mass is 35.5. The van der Waals surface area contributed by atoms with E-state index in [1.54, 1.807) is 6.92 Å². The normalized spacial score (nSPS) is 14.2. The van der Waals surface area contributed by atoms with Crippen LogP contribution in [0.2, 0.25) is 5.02 Å². The summed E-state index contributed by atoms with van der Waals surface area (Å²) in [5.41, 5.74) is 6.40. The Hall–Kier alpha value is -2.86. The number of carbonyl (C=O) groups is 1. The van der Waals surface area contributed by atoms with Crippen molar-refractivity contribution >= 4 is 40.1 Å². The smallest absolute Gasteiger partial charge is 0.360 e. The minimum absolute atomic E-state index is 0.282. The molecule has 0 unspecified atom stereocenters. The molecule has 0 N–H and O–H groups in total. The zero-order valence-electron chi connectivity index (χ0n) is 18.4. The average Bonchev–Trinajstić information content (AvgIpc) is 2.76. The summed E-state index contributed by atoms with van der Waals surface area (Å²) in [7, 11) is 0. The molecule has 0 bridgehead atoms. The van der Waals surface area contributed by atoms with E-state index in [1.165, 1.54) is 5.56 Å². The van der Waals surface area contributed by atoms with Gasteiger partial charge in [-0.2, -0.15) is 0 Å². The highest BCUT2D eigenvalue weighted by molar-refractivity contribution is 6.30. The van der Waals surface area contributed by atoms with Gasteiger partial charge in [0, 0.05) is 36.9 Å². The summed E-state index contributed by atoms with van der Waals surface area (Å²) in [6.07, 6.45) is 0. The Morgan fingerprint density at radius 1 is 0.935 bits per heavy atom. The number of hydrogen-bond donors (Lipinski definition) is 0. The van der Waals surface area contributed by atoms with Crippen molar-refractivity contribution in [2.24, 2.45) is 0 Å². The molecule has 3 aromatic rings. The van der Waals surface area contributed by atoms with Gasteiger partial charge < -0.3 is 14.5 Å². The number of carbonyl (C=O) groups excluding carboxylic acids is 1. The first-order chi connectivity index (χ1) is 14.9. The van der Waals surface area contributed by atoms with E-state index in [-0.39, 0.29) is 5.69 Å². The summed E-state index contributed by atoms with van der Waals surface area (Å²) in [5, 5.41) is 0.735. The van der Waals surface area contributed by atoms with E-state index in [4.69, 9.17) is 21.3 Å². The molecular formula is C24H27ClN4O2. The molecule has 0 aliphatic carbocycles. The molecule has 0 spiro atoms. The Balaban J connectivity index is 1.66. The lowest BCUT2D eigenvalue weighted by Crippen LogP contribution is -2.47. The van der Waals surface area contributed by atoms with Crippen LogP contribution in [-0.4, -0.2) is 48.7 Å². The van der Waals surface area contributed by atoms with Crippen LogP contribution in [-0.2, 0) is 4.74 Å². The third-order valence-corrected chi connectivity index (χ3v) is 6.06. The fourth-order valence-electron chi connectivity index (χ4n) is 3.94. The molecule has 0 radical (unpaired) electrons. The molecule has 0 saturated carbocycles. The molecule has 1 aromatic heterocycles. The summed E-state index contributed by atoms with van der Waals surface area (Å²) in [4.78, 5) is 26.7. The fraction of sp³-hybridized carbons (Fsp3) is 0.375. The van der Waals surface area contributed by atoms with Crippen molar-refractivity contribution in [2.45, 2.75) is 27.7 Å². The van der Waals surface area contributed by atoms with E-state index in [2.05, 4.69) is 28.6 Å². The molecule has 0 atom stereocenters. The molecule has 7 heteroatoms.